The number of likely N-dealkylation sites (N-methyl/N-ethyl adjacent to an activating group) is 1. The molecule has 1 N–H and O–H groups in total. The molecule has 0 aliphatic rings. The van der Waals surface area contributed by atoms with Crippen molar-refractivity contribution in [2.24, 2.45) is 0 Å². The fourth-order valence-electron chi connectivity index (χ4n) is 2.12. The van der Waals surface area contributed by atoms with Crippen molar-refractivity contribution < 1.29 is 14.3 Å². The minimum absolute atomic E-state index is 0.298. The smallest absolute Gasteiger partial charge is 0.325 e. The standard InChI is InChI=1S/C16H20N2O3/c1-16(17-2,15(19)20-3)9-11-21-14-8-4-7-13-12(14)6-5-10-18-13/h4-8,10,17H,9,11H2,1-3H3. The molecule has 1 aromatic carbocycles. The van der Waals surface area contributed by atoms with Crippen molar-refractivity contribution in [1.82, 2.24) is 10.3 Å². The second-order valence-corrected chi connectivity index (χ2v) is 5.00. The summed E-state index contributed by atoms with van der Waals surface area (Å²) in [6, 6.07) is 9.59. The zero-order valence-corrected chi connectivity index (χ0v) is 12.6. The Balaban J connectivity index is 2.07. The van der Waals surface area contributed by atoms with Crippen molar-refractivity contribution in [2.45, 2.75) is 18.9 Å². The number of pyridine rings is 1. The summed E-state index contributed by atoms with van der Waals surface area (Å²) in [6.45, 7) is 2.20. The molecule has 0 aliphatic heterocycles. The van der Waals surface area contributed by atoms with E-state index in [0.29, 0.717) is 13.0 Å². The normalized spacial score (nSPS) is 13.7. The van der Waals surface area contributed by atoms with E-state index in [1.165, 1.54) is 7.11 Å². The Morgan fingerprint density at radius 2 is 2.14 bits per heavy atom. The third-order valence-corrected chi connectivity index (χ3v) is 3.65. The van der Waals surface area contributed by atoms with Crippen LogP contribution >= 0.6 is 0 Å². The average Bonchev–Trinajstić information content (AvgIpc) is 2.54. The van der Waals surface area contributed by atoms with Gasteiger partial charge in [-0.1, -0.05) is 6.07 Å². The van der Waals surface area contributed by atoms with Gasteiger partial charge in [0, 0.05) is 18.0 Å². The van der Waals surface area contributed by atoms with Gasteiger partial charge < -0.3 is 14.8 Å². The molecule has 0 spiro atoms. The second-order valence-electron chi connectivity index (χ2n) is 5.00. The van der Waals surface area contributed by atoms with Gasteiger partial charge in [0.25, 0.3) is 0 Å². The molecule has 112 valence electrons. The van der Waals surface area contributed by atoms with E-state index in [2.05, 4.69) is 10.3 Å². The lowest BCUT2D eigenvalue weighted by Crippen LogP contribution is -2.49. The number of nitrogens with one attached hydrogen (secondary N) is 1. The number of carbonyl (C=O) groups is 1. The van der Waals surface area contributed by atoms with Crippen LogP contribution in [0, 0.1) is 0 Å². The molecule has 0 amide bonds. The van der Waals surface area contributed by atoms with Gasteiger partial charge in [-0.25, -0.2) is 0 Å². The second kappa shape index (κ2) is 6.54. The summed E-state index contributed by atoms with van der Waals surface area (Å²) in [6.07, 6.45) is 2.26. The molecule has 0 fully saturated rings. The van der Waals surface area contributed by atoms with E-state index in [1.54, 1.807) is 20.2 Å². The number of nitrogens with zero attached hydrogens (tertiary/aromatic N) is 1. The number of fused-ring (bicyclic) bond motifs is 1. The molecule has 1 heterocycles. The number of hydrogen-bond acceptors (Lipinski definition) is 5. The van der Waals surface area contributed by atoms with Gasteiger partial charge in [-0.15, -0.1) is 0 Å². The van der Waals surface area contributed by atoms with Crippen LogP contribution in [0.5, 0.6) is 5.75 Å². The van der Waals surface area contributed by atoms with Crippen molar-refractivity contribution in [3.05, 3.63) is 36.5 Å². The predicted octanol–water partition coefficient (Wildman–Crippen LogP) is 2.15. The SMILES string of the molecule is CNC(C)(CCOc1cccc2ncccc12)C(=O)OC. The Morgan fingerprint density at radius 3 is 2.86 bits per heavy atom. The van der Waals surface area contributed by atoms with Crippen LogP contribution in [0.3, 0.4) is 0 Å². The number of carbonyl (C=O) groups excluding carboxylic acids is 1. The molecule has 0 bridgehead atoms. The number of esters is 1. The molecule has 0 aliphatic carbocycles. The molecule has 5 nitrogen and oxygen atoms in total. The molecule has 21 heavy (non-hydrogen) atoms. The summed E-state index contributed by atoms with van der Waals surface area (Å²) >= 11 is 0. The lowest BCUT2D eigenvalue weighted by atomic mass is 9.99. The third kappa shape index (κ3) is 3.31. The highest BCUT2D eigenvalue weighted by atomic mass is 16.5. The number of benzene rings is 1. The minimum Gasteiger partial charge on any atom is -0.493 e. The highest BCUT2D eigenvalue weighted by Crippen LogP contribution is 2.24. The van der Waals surface area contributed by atoms with Crippen LogP contribution in [-0.2, 0) is 9.53 Å². The maximum Gasteiger partial charge on any atom is 0.325 e. The summed E-state index contributed by atoms with van der Waals surface area (Å²) in [4.78, 5) is 16.1. The van der Waals surface area contributed by atoms with Gasteiger partial charge >= 0.3 is 5.97 Å². The van der Waals surface area contributed by atoms with E-state index < -0.39 is 5.54 Å². The van der Waals surface area contributed by atoms with Gasteiger partial charge in [0.05, 0.1) is 19.2 Å². The highest BCUT2D eigenvalue weighted by Gasteiger charge is 2.32. The van der Waals surface area contributed by atoms with Crippen LogP contribution in [0.1, 0.15) is 13.3 Å². The molecular formula is C16H20N2O3. The number of methoxy groups -OCH3 is 1. The van der Waals surface area contributed by atoms with Crippen LogP contribution in [0.2, 0.25) is 0 Å². The van der Waals surface area contributed by atoms with Crippen molar-refractivity contribution in [3.8, 4) is 5.75 Å². The molecule has 1 atom stereocenters. The molecule has 0 saturated heterocycles. The lowest BCUT2D eigenvalue weighted by Gasteiger charge is -2.26. The van der Waals surface area contributed by atoms with E-state index in [0.717, 1.165) is 16.7 Å². The largest absolute Gasteiger partial charge is 0.493 e. The fourth-order valence-corrected chi connectivity index (χ4v) is 2.12. The molecule has 0 radical (unpaired) electrons. The Kier molecular flexibility index (Phi) is 4.75. The van der Waals surface area contributed by atoms with E-state index in [4.69, 9.17) is 9.47 Å². The Hall–Kier alpha value is -2.14. The maximum absolute atomic E-state index is 11.8. The molecule has 1 unspecified atom stereocenters. The Labute approximate surface area is 124 Å². The van der Waals surface area contributed by atoms with Crippen LogP contribution in [0.15, 0.2) is 36.5 Å². The average molecular weight is 288 g/mol. The predicted molar refractivity (Wildman–Crippen MR) is 81.3 cm³/mol. The zero-order chi connectivity index (χ0) is 15.3. The number of hydrogen-bond donors (Lipinski definition) is 1. The summed E-state index contributed by atoms with van der Waals surface area (Å²) in [7, 11) is 3.12. The quantitative estimate of drug-likeness (QED) is 0.825. The van der Waals surface area contributed by atoms with Crippen LogP contribution < -0.4 is 10.1 Å². The van der Waals surface area contributed by atoms with E-state index >= 15 is 0 Å². The topological polar surface area (TPSA) is 60.5 Å². The first-order valence-corrected chi connectivity index (χ1v) is 6.84. The number of rotatable bonds is 6. The van der Waals surface area contributed by atoms with E-state index in [1.807, 2.05) is 30.3 Å². The fraction of sp³-hybridized carbons (Fsp3) is 0.375. The van der Waals surface area contributed by atoms with Gasteiger partial charge in [0.2, 0.25) is 0 Å². The van der Waals surface area contributed by atoms with Gasteiger partial charge in [0.1, 0.15) is 11.3 Å². The van der Waals surface area contributed by atoms with Gasteiger partial charge in [-0.2, -0.15) is 0 Å². The zero-order valence-electron chi connectivity index (χ0n) is 12.6. The molecule has 0 saturated carbocycles. The molecule has 2 aromatic rings. The lowest BCUT2D eigenvalue weighted by molar-refractivity contribution is -0.148. The Bertz CT molecular complexity index is 624. The first-order chi connectivity index (χ1) is 10.1. The van der Waals surface area contributed by atoms with Crippen molar-refractivity contribution in [2.75, 3.05) is 20.8 Å². The van der Waals surface area contributed by atoms with Gasteiger partial charge in [0.15, 0.2) is 0 Å². The summed E-state index contributed by atoms with van der Waals surface area (Å²) in [5.74, 6) is 0.470. The third-order valence-electron chi connectivity index (χ3n) is 3.65. The van der Waals surface area contributed by atoms with Crippen LogP contribution in [0.4, 0.5) is 0 Å². The molecular weight excluding hydrogens is 268 g/mol. The molecule has 5 heteroatoms. The van der Waals surface area contributed by atoms with Crippen LogP contribution in [-0.4, -0.2) is 37.3 Å². The van der Waals surface area contributed by atoms with Crippen molar-refractivity contribution in [3.63, 3.8) is 0 Å². The number of aromatic nitrogens is 1. The minimum atomic E-state index is -0.752. The summed E-state index contributed by atoms with van der Waals surface area (Å²) in [5, 5.41) is 3.95. The first-order valence-electron chi connectivity index (χ1n) is 6.84. The summed E-state index contributed by atoms with van der Waals surface area (Å²) in [5.41, 5.74) is 0.136. The van der Waals surface area contributed by atoms with Gasteiger partial charge in [-0.05, 0) is 38.2 Å². The summed E-state index contributed by atoms with van der Waals surface area (Å²) < 4.78 is 10.6. The maximum atomic E-state index is 11.8. The monoisotopic (exact) mass is 288 g/mol. The first kappa shape index (κ1) is 15.3. The van der Waals surface area contributed by atoms with E-state index in [9.17, 15) is 4.79 Å². The molecule has 2 rings (SSSR count). The Morgan fingerprint density at radius 1 is 1.33 bits per heavy atom. The van der Waals surface area contributed by atoms with Crippen molar-refractivity contribution >= 4 is 16.9 Å². The van der Waals surface area contributed by atoms with Gasteiger partial charge in [-0.3, -0.25) is 9.78 Å². The number of ether oxygens (including phenoxy) is 2. The highest BCUT2D eigenvalue weighted by molar-refractivity contribution is 5.84. The van der Waals surface area contributed by atoms with Crippen molar-refractivity contribution in [1.29, 1.82) is 0 Å². The molecule has 1 aromatic heterocycles. The van der Waals surface area contributed by atoms with E-state index in [-0.39, 0.29) is 5.97 Å². The van der Waals surface area contributed by atoms with Crippen LogP contribution in [0.25, 0.3) is 10.9 Å².